The third kappa shape index (κ3) is 1.75. The second-order valence-electron chi connectivity index (χ2n) is 2.05. The van der Waals surface area contributed by atoms with E-state index in [0.29, 0.717) is 0 Å². The molecule has 1 rings (SSSR count). The van der Waals surface area contributed by atoms with Gasteiger partial charge >= 0.3 is 0 Å². The zero-order valence-electron chi connectivity index (χ0n) is 5.48. The van der Waals surface area contributed by atoms with Gasteiger partial charge in [-0.25, -0.2) is 0 Å². The van der Waals surface area contributed by atoms with Crippen molar-refractivity contribution < 1.29 is 0 Å². The van der Waals surface area contributed by atoms with Crippen molar-refractivity contribution in [3.63, 3.8) is 0 Å². The van der Waals surface area contributed by atoms with Crippen LogP contribution in [-0.4, -0.2) is 4.86 Å². The average molecular weight is 137 g/mol. The van der Waals surface area contributed by atoms with E-state index in [-0.39, 0.29) is 0 Å². The summed E-state index contributed by atoms with van der Waals surface area (Å²) in [5, 5.41) is 0. The fourth-order valence-electron chi connectivity index (χ4n) is 0.761. The molecule has 0 aliphatic heterocycles. The highest BCUT2D eigenvalue weighted by atomic mass is 32.1. The van der Waals surface area contributed by atoms with Gasteiger partial charge in [-0.1, -0.05) is 36.9 Å². The van der Waals surface area contributed by atoms with Gasteiger partial charge in [0.15, 0.2) is 0 Å². The van der Waals surface area contributed by atoms with E-state index >= 15 is 0 Å². The first kappa shape index (κ1) is 6.69. The van der Waals surface area contributed by atoms with Crippen LogP contribution in [0.5, 0.6) is 0 Å². The van der Waals surface area contributed by atoms with Gasteiger partial charge in [0.2, 0.25) is 0 Å². The minimum absolute atomic E-state index is 0.912. The highest BCUT2D eigenvalue weighted by Crippen LogP contribution is 2.09. The maximum Gasteiger partial charge on any atom is 0.0268 e. The van der Waals surface area contributed by atoms with Crippen LogP contribution in [-0.2, 0) is 0 Å². The van der Waals surface area contributed by atoms with Gasteiger partial charge in [0.1, 0.15) is 0 Å². The van der Waals surface area contributed by atoms with Gasteiger partial charge in [0.25, 0.3) is 0 Å². The number of thiocarbonyl (C=S) groups is 1. The topological polar surface area (TPSA) is 0 Å². The first-order valence-electron chi connectivity index (χ1n) is 3.14. The fourth-order valence-corrected chi connectivity index (χ4v) is 0.903. The minimum atomic E-state index is 0.912. The first-order chi connectivity index (χ1) is 4.33. The Kier molecular flexibility index (Phi) is 2.17. The average Bonchev–Trinajstić information content (AvgIpc) is 1.90. The van der Waals surface area contributed by atoms with Gasteiger partial charge in [-0.15, -0.1) is 0 Å². The summed E-state index contributed by atoms with van der Waals surface area (Å²) in [5.41, 5.74) is 1.35. The summed E-state index contributed by atoms with van der Waals surface area (Å²) in [6.07, 6.45) is 9.17. The van der Waals surface area contributed by atoms with Gasteiger partial charge in [-0.3, -0.25) is 0 Å². The van der Waals surface area contributed by atoms with E-state index in [2.05, 4.69) is 19.1 Å². The molecule has 1 radical (unpaired) electrons. The monoisotopic (exact) mass is 137 g/mol. The molecule has 0 bridgehead atoms. The lowest BCUT2D eigenvalue weighted by Gasteiger charge is -2.02. The van der Waals surface area contributed by atoms with Crippen LogP contribution in [0.4, 0.5) is 0 Å². The maximum atomic E-state index is 4.92. The second kappa shape index (κ2) is 2.92. The van der Waals surface area contributed by atoms with Gasteiger partial charge in [-0.2, -0.15) is 0 Å². The largest absolute Gasteiger partial charge is 0.0839 e. The Balaban J connectivity index is 2.63. The lowest BCUT2D eigenvalue weighted by molar-refractivity contribution is 1.12. The summed E-state index contributed by atoms with van der Waals surface area (Å²) >= 11 is 4.92. The summed E-state index contributed by atoms with van der Waals surface area (Å²) in [6, 6.07) is 0. The van der Waals surface area contributed by atoms with Crippen molar-refractivity contribution >= 4 is 17.1 Å². The maximum absolute atomic E-state index is 4.92. The van der Waals surface area contributed by atoms with Crippen molar-refractivity contribution in [2.75, 3.05) is 0 Å². The van der Waals surface area contributed by atoms with Crippen molar-refractivity contribution in [2.24, 2.45) is 0 Å². The van der Waals surface area contributed by atoms with Crippen molar-refractivity contribution in [2.45, 2.75) is 19.8 Å². The summed E-state index contributed by atoms with van der Waals surface area (Å²) < 4.78 is 0. The Bertz CT molecular complexity index is 175. The molecule has 0 amide bonds. The number of hydrogen-bond donors (Lipinski definition) is 0. The molecule has 0 nitrogen and oxygen atoms in total. The van der Waals surface area contributed by atoms with Gasteiger partial charge in [0.05, 0.1) is 0 Å². The molecule has 0 aromatic heterocycles. The number of hydrogen-bond acceptors (Lipinski definition) is 1. The van der Waals surface area contributed by atoms with E-state index in [0.717, 1.165) is 17.7 Å². The molecule has 0 spiro atoms. The molecule has 1 aliphatic carbocycles. The van der Waals surface area contributed by atoms with Crippen LogP contribution in [0.25, 0.3) is 0 Å². The van der Waals surface area contributed by atoms with Crippen molar-refractivity contribution in [1.82, 2.24) is 0 Å². The zero-order chi connectivity index (χ0) is 6.69. The Hall–Kier alpha value is -0.430. The Labute approximate surface area is 61.3 Å². The fraction of sp³-hybridized carbons (Fsp3) is 0.375. The lowest BCUT2D eigenvalue weighted by atomic mass is 10.1. The third-order valence-corrected chi connectivity index (χ3v) is 1.66. The zero-order valence-corrected chi connectivity index (χ0v) is 6.29. The van der Waals surface area contributed by atoms with E-state index in [1.807, 2.05) is 6.08 Å². The molecule has 0 aromatic rings. The van der Waals surface area contributed by atoms with Crippen LogP contribution in [0.1, 0.15) is 19.8 Å². The molecule has 0 aromatic carbocycles. The molecule has 9 heavy (non-hydrogen) atoms. The van der Waals surface area contributed by atoms with E-state index in [9.17, 15) is 0 Å². The molecule has 0 heterocycles. The molecule has 0 saturated carbocycles. The third-order valence-electron chi connectivity index (χ3n) is 1.38. The second-order valence-corrected chi connectivity index (χ2v) is 2.54. The van der Waals surface area contributed by atoms with E-state index in [4.69, 9.17) is 12.2 Å². The highest BCUT2D eigenvalue weighted by Gasteiger charge is 1.97. The van der Waals surface area contributed by atoms with E-state index in [1.165, 1.54) is 5.57 Å². The first-order valence-corrected chi connectivity index (χ1v) is 3.55. The molecule has 1 heteroatoms. The van der Waals surface area contributed by atoms with Crippen LogP contribution in [0.15, 0.2) is 17.7 Å². The van der Waals surface area contributed by atoms with E-state index in [1.54, 1.807) is 0 Å². The van der Waals surface area contributed by atoms with Crippen LogP contribution in [0.3, 0.4) is 0 Å². The number of allylic oxidation sites excluding steroid dienone is 4. The molecule has 0 saturated heterocycles. The molecule has 47 valence electrons. The predicted molar refractivity (Wildman–Crippen MR) is 43.4 cm³/mol. The molecular formula is C8H9S. The van der Waals surface area contributed by atoms with Gasteiger partial charge < -0.3 is 0 Å². The smallest absolute Gasteiger partial charge is 0.0268 e. The molecule has 0 unspecified atom stereocenters. The molecule has 0 fully saturated rings. The highest BCUT2D eigenvalue weighted by molar-refractivity contribution is 7.80. The molecule has 0 atom stereocenters. The van der Waals surface area contributed by atoms with Crippen LogP contribution < -0.4 is 0 Å². The summed E-state index contributed by atoms with van der Waals surface area (Å²) in [6.45, 7) is 2.14. The Morgan fingerprint density at radius 2 is 2.56 bits per heavy atom. The Morgan fingerprint density at radius 3 is 3.00 bits per heavy atom. The summed E-state index contributed by atoms with van der Waals surface area (Å²) in [7, 11) is 0. The molecular weight excluding hydrogens is 128 g/mol. The van der Waals surface area contributed by atoms with Crippen LogP contribution in [0.2, 0.25) is 0 Å². The number of rotatable bonds is 1. The van der Waals surface area contributed by atoms with Crippen LogP contribution in [0, 0.1) is 6.08 Å². The standard InChI is InChI=1S/C8H9S/c1-2-7-3-5-8(9)6-4-7/h3-4H,2,5H2,1H3. The summed E-state index contributed by atoms with van der Waals surface area (Å²) in [4.78, 5) is 0.923. The Morgan fingerprint density at radius 1 is 1.78 bits per heavy atom. The van der Waals surface area contributed by atoms with Crippen LogP contribution >= 0.6 is 12.2 Å². The molecule has 1 aliphatic rings. The van der Waals surface area contributed by atoms with Crippen molar-refractivity contribution in [3.8, 4) is 0 Å². The molecule has 0 N–H and O–H groups in total. The summed E-state index contributed by atoms with van der Waals surface area (Å²) in [5.74, 6) is 0. The van der Waals surface area contributed by atoms with Crippen molar-refractivity contribution in [1.29, 1.82) is 0 Å². The predicted octanol–water partition coefficient (Wildman–Crippen LogP) is 2.46. The normalized spacial score (nSPS) is 17.9. The quantitative estimate of drug-likeness (QED) is 0.500. The van der Waals surface area contributed by atoms with Crippen molar-refractivity contribution in [3.05, 3.63) is 23.8 Å². The lowest BCUT2D eigenvalue weighted by Crippen LogP contribution is -1.93. The van der Waals surface area contributed by atoms with E-state index < -0.39 is 0 Å². The van der Waals surface area contributed by atoms with Gasteiger partial charge in [-0.05, 0) is 12.5 Å². The van der Waals surface area contributed by atoms with Gasteiger partial charge in [0, 0.05) is 11.3 Å². The minimum Gasteiger partial charge on any atom is -0.0839 e. The SMILES string of the molecule is CCC1=CCC(=S)[C]=C1.